The Balaban J connectivity index is 3.36. The zero-order valence-corrected chi connectivity index (χ0v) is 5.66. The number of aliphatic imine (C=N–C) groups is 1. The molecule has 6 N–H and O–H groups in total. The molecule has 1 atom stereocenters. The van der Waals surface area contributed by atoms with Crippen molar-refractivity contribution in [3.63, 3.8) is 0 Å². The second-order valence-corrected chi connectivity index (χ2v) is 1.90. The maximum Gasteiger partial charge on any atom is 0.185 e. The van der Waals surface area contributed by atoms with E-state index in [1.165, 1.54) is 0 Å². The average molecular weight is 144 g/mol. The molecule has 0 aliphatic rings. The summed E-state index contributed by atoms with van der Waals surface area (Å²) in [5, 5.41) is 0. The first kappa shape index (κ1) is 8.90. The largest absolute Gasteiger partial charge is 0.370 e. The van der Waals surface area contributed by atoms with Crippen LogP contribution in [0.1, 0.15) is 6.42 Å². The molecule has 0 aliphatic carbocycles. The van der Waals surface area contributed by atoms with E-state index in [9.17, 15) is 4.79 Å². The van der Waals surface area contributed by atoms with Gasteiger partial charge in [-0.1, -0.05) is 0 Å². The number of hydrogen-bond donors (Lipinski definition) is 3. The molecule has 1 unspecified atom stereocenters. The first-order valence-corrected chi connectivity index (χ1v) is 2.93. The summed E-state index contributed by atoms with van der Waals surface area (Å²) < 4.78 is 0. The highest BCUT2D eigenvalue weighted by Crippen LogP contribution is 1.83. The number of carbonyl (C=O) groups is 1. The second kappa shape index (κ2) is 4.75. The molecule has 0 radical (unpaired) electrons. The van der Waals surface area contributed by atoms with Crippen LogP contribution in [0.15, 0.2) is 4.99 Å². The molecule has 5 heteroatoms. The molecule has 0 aliphatic heterocycles. The molecule has 0 heterocycles. The van der Waals surface area contributed by atoms with Crippen molar-refractivity contribution in [2.24, 2.45) is 22.2 Å². The van der Waals surface area contributed by atoms with Crippen molar-refractivity contribution in [1.82, 2.24) is 0 Å². The summed E-state index contributed by atoms with van der Waals surface area (Å²) in [4.78, 5) is 13.6. The monoisotopic (exact) mass is 144 g/mol. The quantitative estimate of drug-likeness (QED) is 0.245. The molecule has 5 nitrogen and oxygen atoms in total. The highest BCUT2D eigenvalue weighted by molar-refractivity contribution is 5.75. The van der Waals surface area contributed by atoms with E-state index in [1.54, 1.807) is 0 Å². The third kappa shape index (κ3) is 5.04. The standard InChI is InChI=1S/C5H12N4O/c6-4(3-10)1-2-9-5(7)8/h3-4H,1-2,6H2,(H4,7,8,9). The smallest absolute Gasteiger partial charge is 0.185 e. The molecular formula is C5H12N4O. The van der Waals surface area contributed by atoms with Crippen molar-refractivity contribution >= 4 is 12.2 Å². The van der Waals surface area contributed by atoms with Crippen molar-refractivity contribution in [1.29, 1.82) is 0 Å². The first-order valence-electron chi connectivity index (χ1n) is 2.93. The molecule has 0 fully saturated rings. The van der Waals surface area contributed by atoms with Gasteiger partial charge < -0.3 is 22.0 Å². The molecule has 0 bridgehead atoms. The SMILES string of the molecule is NC(N)=NCCC(N)C=O. The Morgan fingerprint density at radius 3 is 2.60 bits per heavy atom. The van der Waals surface area contributed by atoms with Crippen LogP contribution < -0.4 is 17.2 Å². The summed E-state index contributed by atoms with van der Waals surface area (Å²) in [6.45, 7) is 0.405. The number of rotatable bonds is 4. The van der Waals surface area contributed by atoms with Gasteiger partial charge in [0.1, 0.15) is 6.29 Å². The van der Waals surface area contributed by atoms with Crippen LogP contribution in [0.5, 0.6) is 0 Å². The Bertz CT molecular complexity index is 130. The molecule has 58 valence electrons. The number of aldehydes is 1. The summed E-state index contributed by atoms with van der Waals surface area (Å²) >= 11 is 0. The van der Waals surface area contributed by atoms with Crippen molar-refractivity contribution < 1.29 is 4.79 Å². The Labute approximate surface area is 59.3 Å². The van der Waals surface area contributed by atoms with Crippen LogP contribution in [0, 0.1) is 0 Å². The van der Waals surface area contributed by atoms with E-state index >= 15 is 0 Å². The lowest BCUT2D eigenvalue weighted by atomic mass is 10.2. The predicted octanol–water partition coefficient (Wildman–Crippen LogP) is -1.82. The molecule has 0 rings (SSSR count). The molecule has 0 amide bonds. The minimum absolute atomic E-state index is 0.0260. The number of guanidine groups is 1. The Kier molecular flexibility index (Phi) is 4.23. The van der Waals surface area contributed by atoms with Gasteiger partial charge in [-0.15, -0.1) is 0 Å². The molecule has 10 heavy (non-hydrogen) atoms. The van der Waals surface area contributed by atoms with Crippen molar-refractivity contribution in [3.05, 3.63) is 0 Å². The maximum absolute atomic E-state index is 9.94. The van der Waals surface area contributed by atoms with Crippen LogP contribution in [0.2, 0.25) is 0 Å². The van der Waals surface area contributed by atoms with Crippen LogP contribution in [0.3, 0.4) is 0 Å². The van der Waals surface area contributed by atoms with E-state index in [1.807, 2.05) is 0 Å². The summed E-state index contributed by atoms with van der Waals surface area (Å²) in [7, 11) is 0. The fourth-order valence-electron chi connectivity index (χ4n) is 0.411. The zero-order valence-electron chi connectivity index (χ0n) is 5.66. The van der Waals surface area contributed by atoms with E-state index in [-0.39, 0.29) is 5.96 Å². The minimum atomic E-state index is -0.455. The fourth-order valence-corrected chi connectivity index (χ4v) is 0.411. The van der Waals surface area contributed by atoms with Gasteiger partial charge in [-0.25, -0.2) is 0 Å². The lowest BCUT2D eigenvalue weighted by Crippen LogP contribution is -2.26. The molecule has 0 aromatic rings. The van der Waals surface area contributed by atoms with Gasteiger partial charge in [0.15, 0.2) is 5.96 Å². The van der Waals surface area contributed by atoms with Crippen molar-refractivity contribution in [3.8, 4) is 0 Å². The average Bonchev–Trinajstić information content (AvgIpc) is 1.87. The number of hydrogen-bond acceptors (Lipinski definition) is 3. The van der Waals surface area contributed by atoms with Gasteiger partial charge in [0, 0.05) is 6.54 Å². The van der Waals surface area contributed by atoms with Gasteiger partial charge in [0.25, 0.3) is 0 Å². The molecule has 0 saturated heterocycles. The number of nitrogens with two attached hydrogens (primary N) is 3. The third-order valence-electron chi connectivity index (χ3n) is 0.932. The fraction of sp³-hybridized carbons (Fsp3) is 0.600. The number of carbonyl (C=O) groups excluding carboxylic acids is 1. The molecular weight excluding hydrogens is 132 g/mol. The normalized spacial score (nSPS) is 12.1. The van der Waals surface area contributed by atoms with Gasteiger partial charge in [-0.3, -0.25) is 4.99 Å². The lowest BCUT2D eigenvalue weighted by molar-refractivity contribution is -0.108. The Morgan fingerprint density at radius 2 is 2.20 bits per heavy atom. The van der Waals surface area contributed by atoms with Gasteiger partial charge in [-0.05, 0) is 6.42 Å². The molecule has 0 saturated carbocycles. The molecule has 0 spiro atoms. The third-order valence-corrected chi connectivity index (χ3v) is 0.932. The van der Waals surface area contributed by atoms with Gasteiger partial charge in [0.05, 0.1) is 6.04 Å². The summed E-state index contributed by atoms with van der Waals surface area (Å²) in [6, 6.07) is -0.455. The van der Waals surface area contributed by atoms with Gasteiger partial charge in [0.2, 0.25) is 0 Å². The minimum Gasteiger partial charge on any atom is -0.370 e. The van der Waals surface area contributed by atoms with Crippen LogP contribution in [-0.4, -0.2) is 24.8 Å². The lowest BCUT2D eigenvalue weighted by Gasteiger charge is -1.98. The van der Waals surface area contributed by atoms with E-state index in [2.05, 4.69) is 4.99 Å². The maximum atomic E-state index is 9.94. The summed E-state index contributed by atoms with van der Waals surface area (Å²) in [5.74, 6) is 0.0260. The van der Waals surface area contributed by atoms with Gasteiger partial charge >= 0.3 is 0 Å². The second-order valence-electron chi connectivity index (χ2n) is 1.90. The van der Waals surface area contributed by atoms with Crippen molar-refractivity contribution in [2.75, 3.05) is 6.54 Å². The summed E-state index contributed by atoms with van der Waals surface area (Å²) in [6.07, 6.45) is 1.16. The first-order chi connectivity index (χ1) is 4.66. The van der Waals surface area contributed by atoms with Crippen molar-refractivity contribution in [2.45, 2.75) is 12.5 Å². The van der Waals surface area contributed by atoms with Crippen LogP contribution in [0.25, 0.3) is 0 Å². The molecule has 0 aromatic carbocycles. The van der Waals surface area contributed by atoms with E-state index in [0.717, 1.165) is 0 Å². The van der Waals surface area contributed by atoms with Gasteiger partial charge in [-0.2, -0.15) is 0 Å². The Morgan fingerprint density at radius 1 is 1.60 bits per heavy atom. The molecule has 0 aromatic heterocycles. The van der Waals surface area contributed by atoms with E-state index < -0.39 is 6.04 Å². The van der Waals surface area contributed by atoms with E-state index in [0.29, 0.717) is 19.3 Å². The highest BCUT2D eigenvalue weighted by Gasteiger charge is 1.96. The topological polar surface area (TPSA) is 107 Å². The van der Waals surface area contributed by atoms with Crippen LogP contribution >= 0.6 is 0 Å². The van der Waals surface area contributed by atoms with E-state index in [4.69, 9.17) is 17.2 Å². The number of nitrogens with zero attached hydrogens (tertiary/aromatic N) is 1. The van der Waals surface area contributed by atoms with Crippen LogP contribution in [0.4, 0.5) is 0 Å². The summed E-state index contributed by atoms with van der Waals surface area (Å²) in [5.41, 5.74) is 15.3. The van der Waals surface area contributed by atoms with Crippen LogP contribution in [-0.2, 0) is 4.79 Å². The Hall–Kier alpha value is -1.10. The zero-order chi connectivity index (χ0) is 7.98. The highest BCUT2D eigenvalue weighted by atomic mass is 16.1. The predicted molar refractivity (Wildman–Crippen MR) is 39.3 cm³/mol.